The van der Waals surface area contributed by atoms with Gasteiger partial charge in [0.05, 0.1) is 56.2 Å². The summed E-state index contributed by atoms with van der Waals surface area (Å²) in [5.41, 5.74) is 22.9. The Morgan fingerprint density at radius 1 is 0.446 bits per heavy atom. The molecule has 83 heavy (non-hydrogen) atoms. The number of Topliss-reactive ketones (excluding diaryl/α,β-unsaturated/α-hetero) is 2. The van der Waals surface area contributed by atoms with E-state index in [1.165, 1.54) is 7.11 Å². The SMILES string of the molecule is CC(C)(C)OC(=O)C[C@@H](CCCN=[N+]=[N-])C(=O)O.CC(C)[C@H](CC(=O)[C@@H](NC(=O)[C@H](CCCN=[N+]=[N-])CC(=O)OC(C)(C)C)C(C)C)C(=O)O.COC(=O)[C@@H](CC(=O)[C@@H](NC(=O)[C@H](CCCN=[N+]=[N-])CC(=O)OC(C)(C)C)C(C)C)C(C)C. The number of ether oxygens (including phenoxy) is 4. The van der Waals surface area contributed by atoms with Crippen molar-refractivity contribution in [1.82, 2.24) is 10.6 Å². The summed E-state index contributed by atoms with van der Waals surface area (Å²) in [5, 5.41) is 34.1. The normalized spacial score (nSPS) is 13.8. The van der Waals surface area contributed by atoms with Gasteiger partial charge in [-0.05, 0) is 141 Å². The minimum Gasteiger partial charge on any atom is -0.481 e. The summed E-state index contributed by atoms with van der Waals surface area (Å²) in [7, 11) is 1.28. The monoisotopic (exact) mass is 1180 g/mol. The number of rotatable bonds is 35. The Balaban J connectivity index is -0.00000121. The standard InChI is InChI=1S/C23H40N4O6.C22H38N4O6.C11H19N3O4/c1-14(2)17(22(31)32-8)13-18(28)20(15(3)4)26-21(30)16(10-9-11-25-27-24)12-19(29)33-23(5,6)7;1-13(2)16(21(30)31)12-17(27)19(14(3)4)25-20(29)15(9-8-10-24-26-23)11-18(28)32-22(5,6)7;1-11(2,3)18-9(15)7-8(10(16)17)5-4-6-13-14-12/h14-17,20H,9-13H2,1-8H3,(H,26,30);13-16,19H,8-12H2,1-7H3,(H,25,29)(H,30,31);8H,4-7H2,1-3H3,(H,16,17)/t16-,17+,20+;15-,16+,19+;8-/m111/s1. The molecule has 27 heteroatoms. The van der Waals surface area contributed by atoms with Crippen molar-refractivity contribution < 1.29 is 77.1 Å². The maximum absolute atomic E-state index is 13.1. The highest BCUT2D eigenvalue weighted by molar-refractivity contribution is 5.94. The van der Waals surface area contributed by atoms with Crippen LogP contribution in [0.2, 0.25) is 0 Å². The number of carbonyl (C=O) groups excluding carboxylic acids is 8. The molecule has 0 aromatic carbocycles. The van der Waals surface area contributed by atoms with Gasteiger partial charge in [0.2, 0.25) is 11.8 Å². The molecule has 0 unspecified atom stereocenters. The second-order valence-corrected chi connectivity index (χ2v) is 24.5. The lowest BCUT2D eigenvalue weighted by Gasteiger charge is -2.27. The average Bonchev–Trinajstić information content (AvgIpc) is 3.33. The Bertz CT molecular complexity index is 2250. The molecule has 0 bridgehead atoms. The first-order chi connectivity index (χ1) is 38.2. The van der Waals surface area contributed by atoms with Gasteiger partial charge in [0.15, 0.2) is 11.6 Å². The Kier molecular flexibility index (Phi) is 39.7. The molecule has 0 aliphatic heterocycles. The molecule has 27 nitrogen and oxygen atoms in total. The molecule has 2 amide bonds. The maximum atomic E-state index is 13.1. The smallest absolute Gasteiger partial charge is 0.309 e. The van der Waals surface area contributed by atoms with E-state index in [9.17, 15) is 53.1 Å². The topological polar surface area (TPSA) is 418 Å². The van der Waals surface area contributed by atoms with E-state index in [2.05, 4.69) is 40.7 Å². The lowest BCUT2D eigenvalue weighted by atomic mass is 9.86. The van der Waals surface area contributed by atoms with Gasteiger partial charge in [-0.25, -0.2) is 0 Å². The van der Waals surface area contributed by atoms with Crippen molar-refractivity contribution in [1.29, 1.82) is 0 Å². The predicted molar refractivity (Wildman–Crippen MR) is 308 cm³/mol. The van der Waals surface area contributed by atoms with Crippen molar-refractivity contribution in [2.45, 2.75) is 217 Å². The van der Waals surface area contributed by atoms with Crippen LogP contribution in [0, 0.1) is 53.3 Å². The molecule has 0 saturated carbocycles. The van der Waals surface area contributed by atoms with Gasteiger partial charge in [0.1, 0.15) is 16.8 Å². The average molecular weight is 1180 g/mol. The molecule has 0 aromatic heterocycles. The molecular weight excluding hydrogens is 1080 g/mol. The molecule has 0 heterocycles. The molecule has 7 atom stereocenters. The van der Waals surface area contributed by atoms with Crippen LogP contribution < -0.4 is 10.6 Å². The number of carboxylic acids is 2. The third-order valence-electron chi connectivity index (χ3n) is 12.1. The van der Waals surface area contributed by atoms with Crippen LogP contribution in [-0.2, 0) is 66.9 Å². The molecule has 0 spiro atoms. The van der Waals surface area contributed by atoms with Crippen LogP contribution in [0.3, 0.4) is 0 Å². The number of methoxy groups -OCH3 is 1. The third kappa shape index (κ3) is 40.0. The third-order valence-corrected chi connectivity index (χ3v) is 12.1. The van der Waals surface area contributed by atoms with Gasteiger partial charge in [-0.3, -0.25) is 47.9 Å². The minimum atomic E-state index is -1.05. The highest BCUT2D eigenvalue weighted by atomic mass is 16.6. The molecule has 0 radical (unpaired) electrons. The molecular formula is C56H97N11O16. The summed E-state index contributed by atoms with van der Waals surface area (Å²) in [6.07, 6.45) is 1.33. The summed E-state index contributed by atoms with van der Waals surface area (Å²) in [6, 6.07) is -1.69. The first-order valence-electron chi connectivity index (χ1n) is 28.1. The van der Waals surface area contributed by atoms with Crippen LogP contribution in [0.4, 0.5) is 0 Å². The van der Waals surface area contributed by atoms with E-state index in [1.54, 1.807) is 104 Å². The Morgan fingerprint density at radius 2 is 0.735 bits per heavy atom. The number of nitrogens with one attached hydrogen (secondary N) is 2. The number of amides is 2. The van der Waals surface area contributed by atoms with Crippen molar-refractivity contribution in [2.75, 3.05) is 26.7 Å². The number of carbonyl (C=O) groups is 10. The number of hydrogen-bond acceptors (Lipinski definition) is 17. The van der Waals surface area contributed by atoms with Crippen molar-refractivity contribution in [3.63, 3.8) is 0 Å². The van der Waals surface area contributed by atoms with Gasteiger partial charge in [-0.2, -0.15) is 0 Å². The highest BCUT2D eigenvalue weighted by Gasteiger charge is 2.36. The number of esters is 4. The zero-order valence-electron chi connectivity index (χ0n) is 52.4. The predicted octanol–water partition coefficient (Wildman–Crippen LogP) is 10.4. The highest BCUT2D eigenvalue weighted by Crippen LogP contribution is 2.24. The number of aliphatic carboxylic acids is 2. The fourth-order valence-electron chi connectivity index (χ4n) is 7.90. The van der Waals surface area contributed by atoms with Crippen LogP contribution in [-0.4, -0.2) is 125 Å². The largest absolute Gasteiger partial charge is 0.481 e. The lowest BCUT2D eigenvalue weighted by Crippen LogP contribution is -2.48. The van der Waals surface area contributed by atoms with Crippen LogP contribution >= 0.6 is 0 Å². The summed E-state index contributed by atoms with van der Waals surface area (Å²) >= 11 is 0. The zero-order valence-corrected chi connectivity index (χ0v) is 52.4. The maximum Gasteiger partial charge on any atom is 0.309 e. The summed E-state index contributed by atoms with van der Waals surface area (Å²) in [6.45, 7) is 30.4. The number of azide groups is 3. The van der Waals surface area contributed by atoms with E-state index in [4.69, 9.17) is 40.6 Å². The van der Waals surface area contributed by atoms with E-state index in [1.807, 2.05) is 13.8 Å². The first kappa shape index (κ1) is 80.3. The molecule has 472 valence electrons. The van der Waals surface area contributed by atoms with Crippen molar-refractivity contribution in [3.8, 4) is 0 Å². The Hall–Kier alpha value is -6.97. The summed E-state index contributed by atoms with van der Waals surface area (Å²) < 4.78 is 20.5. The number of carboxylic acid groups (broad SMARTS) is 2. The zero-order chi connectivity index (χ0) is 65.0. The van der Waals surface area contributed by atoms with Crippen molar-refractivity contribution in [2.24, 2.45) is 68.6 Å². The second-order valence-electron chi connectivity index (χ2n) is 24.5. The fourth-order valence-corrected chi connectivity index (χ4v) is 7.90. The molecule has 0 saturated heterocycles. The van der Waals surface area contributed by atoms with Gasteiger partial charge in [0, 0.05) is 59.0 Å². The number of nitrogens with zero attached hydrogens (tertiary/aromatic N) is 9. The van der Waals surface area contributed by atoms with Crippen LogP contribution in [0.15, 0.2) is 15.3 Å². The molecule has 4 N–H and O–H groups in total. The van der Waals surface area contributed by atoms with Crippen molar-refractivity contribution in [3.05, 3.63) is 31.3 Å². The molecule has 0 aliphatic rings. The quantitative estimate of drug-likeness (QED) is 0.0114. The number of ketones is 2. The molecule has 0 aliphatic carbocycles. The molecule has 0 aromatic rings. The van der Waals surface area contributed by atoms with Gasteiger partial charge in [-0.1, -0.05) is 70.7 Å². The Labute approximate surface area is 489 Å². The van der Waals surface area contributed by atoms with Crippen molar-refractivity contribution >= 4 is 59.2 Å². The van der Waals surface area contributed by atoms with E-state index in [0.29, 0.717) is 25.7 Å². The van der Waals surface area contributed by atoms with E-state index in [-0.39, 0.29) is 99.8 Å². The first-order valence-corrected chi connectivity index (χ1v) is 28.1. The van der Waals surface area contributed by atoms with Gasteiger partial charge in [0.25, 0.3) is 0 Å². The van der Waals surface area contributed by atoms with Gasteiger partial charge in [-0.15, -0.1) is 0 Å². The van der Waals surface area contributed by atoms with Crippen LogP contribution in [0.5, 0.6) is 0 Å². The van der Waals surface area contributed by atoms with E-state index >= 15 is 0 Å². The fraction of sp³-hybridized carbons (Fsp3) is 0.821. The summed E-state index contributed by atoms with van der Waals surface area (Å²) in [4.78, 5) is 131. The van der Waals surface area contributed by atoms with Gasteiger partial charge >= 0.3 is 35.8 Å². The summed E-state index contributed by atoms with van der Waals surface area (Å²) in [5.74, 6) is -10.3. The second kappa shape index (κ2) is 41.1. The van der Waals surface area contributed by atoms with Crippen LogP contribution in [0.1, 0.15) is 188 Å². The van der Waals surface area contributed by atoms with Gasteiger partial charge < -0.3 is 39.8 Å². The molecule has 0 rings (SSSR count). The number of hydrogen-bond donors (Lipinski definition) is 4. The minimum absolute atomic E-state index is 0.0545. The van der Waals surface area contributed by atoms with E-state index in [0.717, 1.165) is 0 Å². The Morgan fingerprint density at radius 3 is 0.976 bits per heavy atom. The van der Waals surface area contributed by atoms with Crippen LogP contribution in [0.25, 0.3) is 31.3 Å². The molecule has 0 fully saturated rings. The lowest BCUT2D eigenvalue weighted by molar-refractivity contribution is -0.160. The van der Waals surface area contributed by atoms with E-state index < -0.39 is 106 Å².